The zero-order valence-electron chi connectivity index (χ0n) is 12.9. The molecule has 0 saturated carbocycles. The van der Waals surface area contributed by atoms with Gasteiger partial charge in [0.05, 0.1) is 12.0 Å². The highest BCUT2D eigenvalue weighted by atomic mass is 32.1. The van der Waals surface area contributed by atoms with Crippen molar-refractivity contribution in [1.82, 2.24) is 9.80 Å². The first-order valence-electron chi connectivity index (χ1n) is 7.45. The fraction of sp³-hybridized carbons (Fsp3) is 0.294. The van der Waals surface area contributed by atoms with Crippen LogP contribution in [0.15, 0.2) is 41.8 Å². The van der Waals surface area contributed by atoms with E-state index in [9.17, 15) is 9.59 Å². The highest BCUT2D eigenvalue weighted by Gasteiger charge is 2.25. The topological polar surface area (TPSA) is 49.9 Å². The number of methoxy groups -OCH3 is 1. The Balaban J connectivity index is 1.62. The molecule has 5 nitrogen and oxygen atoms in total. The summed E-state index contributed by atoms with van der Waals surface area (Å²) >= 11 is 1.45. The van der Waals surface area contributed by atoms with Crippen LogP contribution in [-0.4, -0.2) is 54.9 Å². The van der Waals surface area contributed by atoms with Gasteiger partial charge >= 0.3 is 0 Å². The van der Waals surface area contributed by atoms with Gasteiger partial charge in [0.2, 0.25) is 0 Å². The van der Waals surface area contributed by atoms with E-state index in [1.807, 2.05) is 29.6 Å². The summed E-state index contributed by atoms with van der Waals surface area (Å²) in [5.74, 6) is 0.697. The van der Waals surface area contributed by atoms with Gasteiger partial charge < -0.3 is 14.5 Å². The number of hydrogen-bond acceptors (Lipinski definition) is 4. The molecular weight excluding hydrogens is 312 g/mol. The number of carbonyl (C=O) groups is 2. The van der Waals surface area contributed by atoms with Gasteiger partial charge in [-0.2, -0.15) is 0 Å². The van der Waals surface area contributed by atoms with Gasteiger partial charge in [0.15, 0.2) is 0 Å². The second-order valence-electron chi connectivity index (χ2n) is 5.29. The summed E-state index contributed by atoms with van der Waals surface area (Å²) in [5, 5.41) is 1.90. The average molecular weight is 330 g/mol. The van der Waals surface area contributed by atoms with Crippen molar-refractivity contribution in [2.75, 3.05) is 33.3 Å². The van der Waals surface area contributed by atoms with Crippen LogP contribution in [-0.2, 0) is 0 Å². The minimum Gasteiger partial charge on any atom is -0.497 e. The zero-order valence-corrected chi connectivity index (χ0v) is 13.7. The van der Waals surface area contributed by atoms with E-state index in [0.717, 1.165) is 4.88 Å². The van der Waals surface area contributed by atoms with Crippen LogP contribution in [0.4, 0.5) is 0 Å². The summed E-state index contributed by atoms with van der Waals surface area (Å²) in [7, 11) is 1.58. The third-order valence-electron chi connectivity index (χ3n) is 3.90. The van der Waals surface area contributed by atoms with Crippen molar-refractivity contribution in [2.45, 2.75) is 0 Å². The number of nitrogens with zero attached hydrogens (tertiary/aromatic N) is 2. The molecule has 1 fully saturated rings. The number of carbonyl (C=O) groups excluding carboxylic acids is 2. The predicted molar refractivity (Wildman–Crippen MR) is 89.1 cm³/mol. The molecule has 1 aliphatic rings. The van der Waals surface area contributed by atoms with E-state index in [2.05, 4.69) is 0 Å². The van der Waals surface area contributed by atoms with E-state index in [-0.39, 0.29) is 11.8 Å². The zero-order chi connectivity index (χ0) is 16.2. The van der Waals surface area contributed by atoms with Crippen molar-refractivity contribution < 1.29 is 14.3 Å². The van der Waals surface area contributed by atoms with Gasteiger partial charge in [-0.1, -0.05) is 12.1 Å². The quantitative estimate of drug-likeness (QED) is 0.868. The molecule has 0 unspecified atom stereocenters. The van der Waals surface area contributed by atoms with Crippen molar-refractivity contribution >= 4 is 23.2 Å². The molecule has 1 aromatic carbocycles. The van der Waals surface area contributed by atoms with Gasteiger partial charge in [-0.15, -0.1) is 11.3 Å². The molecule has 2 heterocycles. The standard InChI is InChI=1S/C17H18N2O3S/c1-22-14-5-2-4-13(12-14)16(20)18-7-9-19(10-8-18)17(21)15-6-3-11-23-15/h2-6,11-12H,7-10H2,1H3. The molecule has 0 bridgehead atoms. The monoisotopic (exact) mass is 330 g/mol. The molecule has 0 aliphatic carbocycles. The normalized spacial score (nSPS) is 14.7. The third-order valence-corrected chi connectivity index (χ3v) is 4.76. The van der Waals surface area contributed by atoms with Crippen molar-refractivity contribution in [1.29, 1.82) is 0 Å². The molecule has 0 radical (unpaired) electrons. The van der Waals surface area contributed by atoms with E-state index < -0.39 is 0 Å². The molecule has 1 saturated heterocycles. The SMILES string of the molecule is COc1cccc(C(=O)N2CCN(C(=O)c3cccs3)CC2)c1. The Morgan fingerprint density at radius 2 is 1.70 bits per heavy atom. The first kappa shape index (κ1) is 15.6. The molecule has 120 valence electrons. The summed E-state index contributed by atoms with van der Waals surface area (Å²) in [6.45, 7) is 2.22. The second kappa shape index (κ2) is 6.83. The first-order valence-corrected chi connectivity index (χ1v) is 8.33. The molecule has 0 atom stereocenters. The van der Waals surface area contributed by atoms with Gasteiger partial charge in [-0.3, -0.25) is 9.59 Å². The van der Waals surface area contributed by atoms with Crippen molar-refractivity contribution in [3.05, 3.63) is 52.2 Å². The molecule has 0 N–H and O–H groups in total. The van der Waals surface area contributed by atoms with Crippen LogP contribution >= 0.6 is 11.3 Å². The Kier molecular flexibility index (Phi) is 4.62. The van der Waals surface area contributed by atoms with Crippen molar-refractivity contribution in [3.63, 3.8) is 0 Å². The molecule has 2 aromatic rings. The van der Waals surface area contributed by atoms with Crippen LogP contribution in [0.25, 0.3) is 0 Å². The third kappa shape index (κ3) is 3.37. The van der Waals surface area contributed by atoms with Crippen LogP contribution in [0.2, 0.25) is 0 Å². The molecule has 1 aliphatic heterocycles. The van der Waals surface area contributed by atoms with Crippen molar-refractivity contribution in [3.8, 4) is 5.75 Å². The molecule has 23 heavy (non-hydrogen) atoms. The highest BCUT2D eigenvalue weighted by molar-refractivity contribution is 7.12. The first-order chi connectivity index (χ1) is 11.2. The molecular formula is C17H18N2O3S. The van der Waals surface area contributed by atoms with Gasteiger partial charge in [0.25, 0.3) is 11.8 Å². The Morgan fingerprint density at radius 1 is 1.00 bits per heavy atom. The predicted octanol–water partition coefficient (Wildman–Crippen LogP) is 2.35. The average Bonchev–Trinajstić information content (AvgIpc) is 3.15. The van der Waals surface area contributed by atoms with Crippen LogP contribution < -0.4 is 4.74 Å². The number of amides is 2. The van der Waals surface area contributed by atoms with Crippen molar-refractivity contribution in [2.24, 2.45) is 0 Å². The summed E-state index contributed by atoms with van der Waals surface area (Å²) in [5.41, 5.74) is 0.613. The lowest BCUT2D eigenvalue weighted by Crippen LogP contribution is -2.50. The Labute approximate surface area is 139 Å². The Hall–Kier alpha value is -2.34. The summed E-state index contributed by atoms with van der Waals surface area (Å²) in [6.07, 6.45) is 0. The Bertz CT molecular complexity index is 692. The van der Waals surface area contributed by atoms with Gasteiger partial charge in [0, 0.05) is 31.7 Å². The van der Waals surface area contributed by atoms with E-state index in [0.29, 0.717) is 37.5 Å². The second-order valence-corrected chi connectivity index (χ2v) is 6.24. The number of rotatable bonds is 3. The number of benzene rings is 1. The van der Waals surface area contributed by atoms with Crippen LogP contribution in [0.3, 0.4) is 0 Å². The maximum absolute atomic E-state index is 12.5. The summed E-state index contributed by atoms with van der Waals surface area (Å²) in [4.78, 5) is 29.2. The van der Waals surface area contributed by atoms with Gasteiger partial charge in [-0.25, -0.2) is 0 Å². The Morgan fingerprint density at radius 3 is 2.30 bits per heavy atom. The lowest BCUT2D eigenvalue weighted by atomic mass is 10.1. The molecule has 1 aromatic heterocycles. The van der Waals surface area contributed by atoms with Gasteiger partial charge in [-0.05, 0) is 29.6 Å². The maximum Gasteiger partial charge on any atom is 0.264 e. The van der Waals surface area contributed by atoms with E-state index in [4.69, 9.17) is 4.74 Å². The smallest absolute Gasteiger partial charge is 0.264 e. The summed E-state index contributed by atoms with van der Waals surface area (Å²) < 4.78 is 5.16. The van der Waals surface area contributed by atoms with E-state index in [1.54, 1.807) is 29.0 Å². The fourth-order valence-electron chi connectivity index (χ4n) is 2.61. The van der Waals surface area contributed by atoms with E-state index in [1.165, 1.54) is 11.3 Å². The number of ether oxygens (including phenoxy) is 1. The van der Waals surface area contributed by atoms with Crippen LogP contribution in [0, 0.1) is 0 Å². The maximum atomic E-state index is 12.5. The van der Waals surface area contributed by atoms with Gasteiger partial charge in [0.1, 0.15) is 5.75 Å². The minimum absolute atomic E-state index is 0.0212. The summed E-state index contributed by atoms with van der Waals surface area (Å²) in [6, 6.07) is 10.9. The fourth-order valence-corrected chi connectivity index (χ4v) is 3.30. The largest absolute Gasteiger partial charge is 0.497 e. The number of piperazine rings is 1. The lowest BCUT2D eigenvalue weighted by Gasteiger charge is -2.34. The van der Waals surface area contributed by atoms with Crippen LogP contribution in [0.1, 0.15) is 20.0 Å². The molecule has 0 spiro atoms. The highest BCUT2D eigenvalue weighted by Crippen LogP contribution is 2.17. The lowest BCUT2D eigenvalue weighted by molar-refractivity contribution is 0.0538. The molecule has 6 heteroatoms. The number of thiophene rings is 1. The van der Waals surface area contributed by atoms with E-state index >= 15 is 0 Å². The minimum atomic E-state index is -0.0212. The molecule has 2 amide bonds. The number of hydrogen-bond donors (Lipinski definition) is 0. The van der Waals surface area contributed by atoms with Crippen LogP contribution in [0.5, 0.6) is 5.75 Å². The molecule has 3 rings (SSSR count).